The SMILES string of the molecule is CCC/C=C(\C#N)CS(=O)(=O)c1ccccc1. The van der Waals surface area contributed by atoms with Gasteiger partial charge in [-0.05, 0) is 18.6 Å². The number of hydrogen-bond donors (Lipinski definition) is 0. The molecule has 0 heterocycles. The summed E-state index contributed by atoms with van der Waals surface area (Å²) in [5.41, 5.74) is 0.315. The Bertz CT molecular complexity index is 524. The summed E-state index contributed by atoms with van der Waals surface area (Å²) >= 11 is 0. The number of benzene rings is 1. The Hall–Kier alpha value is -1.60. The van der Waals surface area contributed by atoms with Gasteiger partial charge in [-0.15, -0.1) is 0 Å². The molecule has 17 heavy (non-hydrogen) atoms. The van der Waals surface area contributed by atoms with Crippen LogP contribution in [0.3, 0.4) is 0 Å². The van der Waals surface area contributed by atoms with Gasteiger partial charge in [0.05, 0.1) is 16.7 Å². The number of nitrogens with zero attached hydrogens (tertiary/aromatic N) is 1. The summed E-state index contributed by atoms with van der Waals surface area (Å²) < 4.78 is 23.9. The summed E-state index contributed by atoms with van der Waals surface area (Å²) in [4.78, 5) is 0.262. The minimum Gasteiger partial charge on any atom is -0.223 e. The maximum atomic E-state index is 12.0. The molecule has 1 aromatic rings. The Labute approximate surface area is 102 Å². The number of unbranched alkanes of at least 4 members (excludes halogenated alkanes) is 1. The third kappa shape index (κ3) is 4.04. The molecule has 0 saturated carbocycles. The summed E-state index contributed by atoms with van der Waals surface area (Å²) in [5, 5.41) is 8.88. The van der Waals surface area contributed by atoms with Gasteiger partial charge in [0.15, 0.2) is 9.84 Å². The van der Waals surface area contributed by atoms with Gasteiger partial charge in [0.2, 0.25) is 0 Å². The highest BCUT2D eigenvalue weighted by Gasteiger charge is 2.15. The standard InChI is InChI=1S/C13H15NO2S/c1-2-3-7-12(10-14)11-17(15,16)13-8-5-4-6-9-13/h4-9H,2-3,11H2,1H3/b12-7+. The fraction of sp³-hybridized carbons (Fsp3) is 0.308. The summed E-state index contributed by atoms with van der Waals surface area (Å²) in [7, 11) is -3.39. The average molecular weight is 249 g/mol. The lowest BCUT2D eigenvalue weighted by Crippen LogP contribution is -2.08. The van der Waals surface area contributed by atoms with E-state index in [9.17, 15) is 8.42 Å². The number of allylic oxidation sites excluding steroid dienone is 1. The van der Waals surface area contributed by atoms with Gasteiger partial charge in [0.1, 0.15) is 0 Å². The van der Waals surface area contributed by atoms with E-state index >= 15 is 0 Å². The zero-order chi connectivity index (χ0) is 12.7. The van der Waals surface area contributed by atoms with Crippen molar-refractivity contribution in [2.75, 3.05) is 5.75 Å². The Morgan fingerprint density at radius 1 is 1.35 bits per heavy atom. The molecule has 1 rings (SSSR count). The molecular formula is C13H15NO2S. The van der Waals surface area contributed by atoms with Crippen molar-refractivity contribution < 1.29 is 8.42 Å². The molecule has 0 aromatic heterocycles. The van der Waals surface area contributed by atoms with Crippen LogP contribution in [0.1, 0.15) is 19.8 Å². The highest BCUT2D eigenvalue weighted by atomic mass is 32.2. The lowest BCUT2D eigenvalue weighted by Gasteiger charge is -2.03. The van der Waals surface area contributed by atoms with Crippen molar-refractivity contribution in [1.82, 2.24) is 0 Å². The minimum atomic E-state index is -3.39. The van der Waals surface area contributed by atoms with E-state index in [1.165, 1.54) is 0 Å². The zero-order valence-electron chi connectivity index (χ0n) is 9.76. The van der Waals surface area contributed by atoms with E-state index < -0.39 is 9.84 Å². The maximum Gasteiger partial charge on any atom is 0.183 e. The summed E-state index contributed by atoms with van der Waals surface area (Å²) in [6.45, 7) is 1.98. The molecule has 0 bridgehead atoms. The topological polar surface area (TPSA) is 57.9 Å². The average Bonchev–Trinajstić information content (AvgIpc) is 2.35. The summed E-state index contributed by atoms with van der Waals surface area (Å²) in [6.07, 6.45) is 3.32. The van der Waals surface area contributed by atoms with Gasteiger partial charge in [-0.3, -0.25) is 0 Å². The van der Waals surface area contributed by atoms with E-state index in [2.05, 4.69) is 0 Å². The molecule has 0 N–H and O–H groups in total. The van der Waals surface area contributed by atoms with Crippen molar-refractivity contribution in [1.29, 1.82) is 5.26 Å². The molecule has 0 saturated heterocycles. The molecule has 1 aromatic carbocycles. The van der Waals surface area contributed by atoms with E-state index in [4.69, 9.17) is 5.26 Å². The fourth-order valence-electron chi connectivity index (χ4n) is 1.37. The predicted molar refractivity (Wildman–Crippen MR) is 67.1 cm³/mol. The van der Waals surface area contributed by atoms with Crippen LogP contribution in [0.5, 0.6) is 0 Å². The number of hydrogen-bond acceptors (Lipinski definition) is 3. The fourth-order valence-corrected chi connectivity index (χ4v) is 2.70. The van der Waals surface area contributed by atoms with E-state index in [0.29, 0.717) is 5.57 Å². The Kier molecular flexibility index (Phi) is 4.92. The molecule has 0 aliphatic heterocycles. The van der Waals surface area contributed by atoms with Crippen LogP contribution >= 0.6 is 0 Å². The maximum absolute atomic E-state index is 12.0. The molecule has 0 atom stereocenters. The summed E-state index contributed by atoms with van der Waals surface area (Å²) in [5.74, 6) is -0.215. The van der Waals surface area contributed by atoms with Crippen molar-refractivity contribution in [2.24, 2.45) is 0 Å². The second-order valence-electron chi connectivity index (χ2n) is 3.70. The van der Waals surface area contributed by atoms with Gasteiger partial charge >= 0.3 is 0 Å². The highest BCUT2D eigenvalue weighted by Crippen LogP contribution is 2.13. The molecule has 90 valence electrons. The van der Waals surface area contributed by atoms with Crippen LogP contribution in [-0.2, 0) is 9.84 Å². The van der Waals surface area contributed by atoms with Gasteiger partial charge in [0, 0.05) is 5.57 Å². The zero-order valence-corrected chi connectivity index (χ0v) is 10.6. The second kappa shape index (κ2) is 6.21. The molecule has 0 radical (unpaired) electrons. The molecular weight excluding hydrogens is 234 g/mol. The van der Waals surface area contributed by atoms with E-state index in [0.717, 1.165) is 12.8 Å². The van der Waals surface area contributed by atoms with E-state index in [-0.39, 0.29) is 10.6 Å². The van der Waals surface area contributed by atoms with Crippen molar-refractivity contribution in [3.05, 3.63) is 42.0 Å². The molecule has 4 heteroatoms. The first-order chi connectivity index (χ1) is 8.10. The smallest absolute Gasteiger partial charge is 0.183 e. The first-order valence-corrected chi connectivity index (χ1v) is 7.12. The quantitative estimate of drug-likeness (QED) is 0.754. The second-order valence-corrected chi connectivity index (χ2v) is 5.69. The van der Waals surface area contributed by atoms with Gasteiger partial charge in [-0.1, -0.05) is 37.6 Å². The number of nitriles is 1. The number of rotatable bonds is 5. The molecule has 0 aliphatic carbocycles. The van der Waals surface area contributed by atoms with Crippen LogP contribution in [0.2, 0.25) is 0 Å². The first-order valence-electron chi connectivity index (χ1n) is 5.47. The highest BCUT2D eigenvalue weighted by molar-refractivity contribution is 7.91. The first kappa shape index (κ1) is 13.5. The van der Waals surface area contributed by atoms with E-state index in [1.54, 1.807) is 36.4 Å². The molecule has 3 nitrogen and oxygen atoms in total. The number of sulfone groups is 1. The lowest BCUT2D eigenvalue weighted by molar-refractivity contribution is 0.598. The van der Waals surface area contributed by atoms with E-state index in [1.807, 2.05) is 13.0 Å². The van der Waals surface area contributed by atoms with Gasteiger partial charge in [-0.2, -0.15) is 5.26 Å². The normalized spacial score (nSPS) is 12.1. The molecule has 0 unspecified atom stereocenters. The Morgan fingerprint density at radius 3 is 2.53 bits per heavy atom. The van der Waals surface area contributed by atoms with Crippen molar-refractivity contribution in [3.8, 4) is 6.07 Å². The van der Waals surface area contributed by atoms with Crippen molar-refractivity contribution in [3.63, 3.8) is 0 Å². The monoisotopic (exact) mass is 249 g/mol. The van der Waals surface area contributed by atoms with Crippen LogP contribution in [-0.4, -0.2) is 14.2 Å². The largest absolute Gasteiger partial charge is 0.223 e. The van der Waals surface area contributed by atoms with Crippen molar-refractivity contribution in [2.45, 2.75) is 24.7 Å². The van der Waals surface area contributed by atoms with Crippen molar-refractivity contribution >= 4 is 9.84 Å². The van der Waals surface area contributed by atoms with Crippen LogP contribution in [0.15, 0.2) is 46.9 Å². The third-order valence-corrected chi connectivity index (χ3v) is 3.95. The molecule has 0 amide bonds. The predicted octanol–water partition coefficient (Wildman–Crippen LogP) is 2.71. The Balaban J connectivity index is 2.91. The summed E-state index contributed by atoms with van der Waals surface area (Å²) in [6, 6.07) is 10.1. The minimum absolute atomic E-state index is 0.215. The lowest BCUT2D eigenvalue weighted by atomic mass is 10.2. The van der Waals surface area contributed by atoms with Gasteiger partial charge < -0.3 is 0 Å². The van der Waals surface area contributed by atoms with Crippen LogP contribution in [0.4, 0.5) is 0 Å². The van der Waals surface area contributed by atoms with Crippen LogP contribution in [0.25, 0.3) is 0 Å². The van der Waals surface area contributed by atoms with Gasteiger partial charge in [-0.25, -0.2) is 8.42 Å². The molecule has 0 spiro atoms. The Morgan fingerprint density at radius 2 is 2.00 bits per heavy atom. The van der Waals surface area contributed by atoms with Crippen LogP contribution in [0, 0.1) is 11.3 Å². The molecule has 0 fully saturated rings. The molecule has 0 aliphatic rings. The van der Waals surface area contributed by atoms with Gasteiger partial charge in [0.25, 0.3) is 0 Å². The third-order valence-electron chi connectivity index (χ3n) is 2.27. The van der Waals surface area contributed by atoms with Crippen LogP contribution < -0.4 is 0 Å².